The minimum absolute atomic E-state index is 0.0865. The fourth-order valence-corrected chi connectivity index (χ4v) is 3.68. The Hall–Kier alpha value is -2.21. The number of aromatic nitrogens is 2. The van der Waals surface area contributed by atoms with Crippen molar-refractivity contribution in [1.29, 1.82) is 0 Å². The van der Waals surface area contributed by atoms with Gasteiger partial charge in [-0.1, -0.05) is 18.0 Å². The molecule has 1 amide bonds. The molecule has 6 heteroatoms. The normalized spacial score (nSPS) is 23.8. The van der Waals surface area contributed by atoms with Crippen LogP contribution in [0.3, 0.4) is 0 Å². The summed E-state index contributed by atoms with van der Waals surface area (Å²) >= 11 is 0. The molecule has 0 radical (unpaired) electrons. The van der Waals surface area contributed by atoms with Crippen molar-refractivity contribution in [3.8, 4) is 11.5 Å². The zero-order chi connectivity index (χ0) is 16.5. The van der Waals surface area contributed by atoms with Gasteiger partial charge in [-0.15, -0.1) is 0 Å². The molecule has 4 rings (SSSR count). The van der Waals surface area contributed by atoms with Crippen molar-refractivity contribution in [2.75, 3.05) is 13.2 Å². The van der Waals surface area contributed by atoms with Crippen LogP contribution < -0.4 is 0 Å². The van der Waals surface area contributed by atoms with Gasteiger partial charge >= 0.3 is 0 Å². The lowest BCUT2D eigenvalue weighted by atomic mass is 9.89. The minimum Gasteiger partial charge on any atom is -0.374 e. The molecule has 24 heavy (non-hydrogen) atoms. The molecule has 1 saturated heterocycles. The summed E-state index contributed by atoms with van der Waals surface area (Å²) in [6, 6.07) is 7.62. The van der Waals surface area contributed by atoms with Crippen molar-refractivity contribution in [1.82, 2.24) is 15.0 Å². The molecule has 1 aliphatic carbocycles. The lowest BCUT2D eigenvalue weighted by Crippen LogP contribution is -2.54. The fraction of sp³-hybridized carbons (Fsp3) is 0.500. The summed E-state index contributed by atoms with van der Waals surface area (Å²) in [6.07, 6.45) is 4.67. The number of aryl methyl sites for hydroxylation is 1. The molecule has 126 valence electrons. The second-order valence-corrected chi connectivity index (χ2v) is 6.48. The number of rotatable bonds is 2. The molecule has 2 unspecified atom stereocenters. The number of carbonyl (C=O) groups is 1. The molecule has 0 N–H and O–H groups in total. The highest BCUT2D eigenvalue weighted by molar-refractivity contribution is 5.95. The first kappa shape index (κ1) is 15.3. The topological polar surface area (TPSA) is 68.5 Å². The molecule has 6 nitrogen and oxygen atoms in total. The number of nitrogens with zero attached hydrogens (tertiary/aromatic N) is 3. The third kappa shape index (κ3) is 2.82. The maximum Gasteiger partial charge on any atom is 0.257 e. The van der Waals surface area contributed by atoms with Crippen LogP contribution in [-0.2, 0) is 4.74 Å². The van der Waals surface area contributed by atoms with E-state index < -0.39 is 0 Å². The smallest absolute Gasteiger partial charge is 0.257 e. The number of fused-ring (bicyclic) bond motifs is 1. The Morgan fingerprint density at radius 1 is 1.21 bits per heavy atom. The van der Waals surface area contributed by atoms with Gasteiger partial charge in [0.25, 0.3) is 11.8 Å². The van der Waals surface area contributed by atoms with Crippen molar-refractivity contribution in [3.05, 3.63) is 35.7 Å². The molecule has 0 spiro atoms. The molecule has 2 aromatic rings. The van der Waals surface area contributed by atoms with Gasteiger partial charge in [0, 0.05) is 17.7 Å². The maximum atomic E-state index is 12.9. The van der Waals surface area contributed by atoms with E-state index >= 15 is 0 Å². The third-order valence-electron chi connectivity index (χ3n) is 4.90. The summed E-state index contributed by atoms with van der Waals surface area (Å²) in [4.78, 5) is 19.1. The molecular weight excluding hydrogens is 306 g/mol. The molecule has 1 aliphatic heterocycles. The zero-order valence-corrected chi connectivity index (χ0v) is 13.8. The lowest BCUT2D eigenvalue weighted by molar-refractivity contribution is -0.0752. The van der Waals surface area contributed by atoms with Crippen LogP contribution in [0.4, 0.5) is 0 Å². The number of hydrogen-bond donors (Lipinski definition) is 0. The van der Waals surface area contributed by atoms with Crippen molar-refractivity contribution in [2.45, 2.75) is 44.8 Å². The predicted molar refractivity (Wildman–Crippen MR) is 87.5 cm³/mol. The summed E-state index contributed by atoms with van der Waals surface area (Å²) in [7, 11) is 0. The Morgan fingerprint density at radius 2 is 2.00 bits per heavy atom. The molecule has 2 heterocycles. The van der Waals surface area contributed by atoms with Crippen LogP contribution in [0.2, 0.25) is 0 Å². The highest BCUT2D eigenvalue weighted by Gasteiger charge is 2.36. The van der Waals surface area contributed by atoms with Gasteiger partial charge in [0.2, 0.25) is 0 Å². The predicted octanol–water partition coefficient (Wildman–Crippen LogP) is 2.83. The number of ether oxygens (including phenoxy) is 1. The minimum atomic E-state index is 0.0865. The van der Waals surface area contributed by atoms with Crippen molar-refractivity contribution in [2.24, 2.45) is 0 Å². The molecule has 2 atom stereocenters. The fourth-order valence-electron chi connectivity index (χ4n) is 3.68. The quantitative estimate of drug-likeness (QED) is 0.848. The van der Waals surface area contributed by atoms with Crippen molar-refractivity contribution >= 4 is 5.91 Å². The number of amides is 1. The Morgan fingerprint density at radius 3 is 2.75 bits per heavy atom. The summed E-state index contributed by atoms with van der Waals surface area (Å²) in [6.45, 7) is 3.08. The van der Waals surface area contributed by atoms with E-state index in [1.807, 2.05) is 29.2 Å². The third-order valence-corrected chi connectivity index (χ3v) is 4.90. The van der Waals surface area contributed by atoms with Crippen LogP contribution in [0.25, 0.3) is 11.5 Å². The van der Waals surface area contributed by atoms with Crippen molar-refractivity contribution < 1.29 is 14.1 Å². The highest BCUT2D eigenvalue weighted by Crippen LogP contribution is 2.29. The average molecular weight is 327 g/mol. The van der Waals surface area contributed by atoms with E-state index in [2.05, 4.69) is 10.1 Å². The Bertz CT molecular complexity index is 723. The van der Waals surface area contributed by atoms with Crippen LogP contribution in [-0.4, -0.2) is 46.2 Å². The molecule has 1 aromatic carbocycles. The van der Waals surface area contributed by atoms with Crippen molar-refractivity contribution in [3.63, 3.8) is 0 Å². The summed E-state index contributed by atoms with van der Waals surface area (Å²) in [5.74, 6) is 1.16. The van der Waals surface area contributed by atoms with E-state index in [9.17, 15) is 4.79 Å². The summed E-state index contributed by atoms with van der Waals surface area (Å²) in [5, 5.41) is 3.79. The van der Waals surface area contributed by atoms with Gasteiger partial charge in [-0.05, 0) is 44.0 Å². The van der Waals surface area contributed by atoms with Crippen LogP contribution in [0.1, 0.15) is 41.9 Å². The van der Waals surface area contributed by atoms with E-state index in [1.54, 1.807) is 6.92 Å². The number of morpholine rings is 1. The van der Waals surface area contributed by atoms with Gasteiger partial charge < -0.3 is 14.2 Å². The Kier molecular flexibility index (Phi) is 4.06. The van der Waals surface area contributed by atoms with E-state index in [1.165, 1.54) is 12.8 Å². The number of benzene rings is 1. The Labute approximate surface area is 140 Å². The van der Waals surface area contributed by atoms with Crippen LogP contribution >= 0.6 is 0 Å². The van der Waals surface area contributed by atoms with E-state index in [0.717, 1.165) is 18.4 Å². The maximum absolute atomic E-state index is 12.9. The number of carbonyl (C=O) groups excluding carboxylic acids is 1. The molecule has 2 aliphatic rings. The van der Waals surface area contributed by atoms with Gasteiger partial charge in [-0.3, -0.25) is 4.79 Å². The molecule has 1 aromatic heterocycles. The van der Waals surface area contributed by atoms with E-state index in [-0.39, 0.29) is 18.1 Å². The van der Waals surface area contributed by atoms with Crippen LogP contribution in [0.5, 0.6) is 0 Å². The first-order valence-electron chi connectivity index (χ1n) is 8.56. The van der Waals surface area contributed by atoms with Gasteiger partial charge in [0.15, 0.2) is 5.82 Å². The lowest BCUT2D eigenvalue weighted by Gasteiger charge is -2.43. The monoisotopic (exact) mass is 327 g/mol. The second-order valence-electron chi connectivity index (χ2n) is 6.48. The zero-order valence-electron chi connectivity index (χ0n) is 13.8. The largest absolute Gasteiger partial charge is 0.374 e. The SMILES string of the molecule is Cc1noc(-c2ccc(C(=O)N3CCOC4CCCCC43)cc2)n1. The second kappa shape index (κ2) is 6.36. The first-order chi connectivity index (χ1) is 11.7. The van der Waals surface area contributed by atoms with Crippen LogP contribution in [0.15, 0.2) is 28.8 Å². The first-order valence-corrected chi connectivity index (χ1v) is 8.56. The van der Waals surface area contributed by atoms with Crippen LogP contribution in [0, 0.1) is 6.92 Å². The van der Waals surface area contributed by atoms with Gasteiger partial charge in [0.1, 0.15) is 0 Å². The molecular formula is C18H21N3O3. The molecule has 1 saturated carbocycles. The Balaban J connectivity index is 1.53. The highest BCUT2D eigenvalue weighted by atomic mass is 16.5. The van der Waals surface area contributed by atoms with Gasteiger partial charge in [0.05, 0.1) is 18.8 Å². The van der Waals surface area contributed by atoms with Gasteiger partial charge in [-0.2, -0.15) is 4.98 Å². The number of hydrogen-bond acceptors (Lipinski definition) is 5. The summed E-state index contributed by atoms with van der Waals surface area (Å²) in [5.41, 5.74) is 1.52. The van der Waals surface area contributed by atoms with E-state index in [4.69, 9.17) is 9.26 Å². The molecule has 0 bridgehead atoms. The average Bonchev–Trinajstić information content (AvgIpc) is 3.07. The van der Waals surface area contributed by atoms with Gasteiger partial charge in [-0.25, -0.2) is 0 Å². The standard InChI is InChI=1S/C18H21N3O3/c1-12-19-17(24-20-12)13-6-8-14(9-7-13)18(22)21-10-11-23-16-5-3-2-4-15(16)21/h6-9,15-16H,2-5,10-11H2,1H3. The molecule has 2 fully saturated rings. The summed E-state index contributed by atoms with van der Waals surface area (Å²) < 4.78 is 11.0. The van der Waals surface area contributed by atoms with E-state index in [0.29, 0.717) is 30.4 Å².